The molecular weight excluding hydrogens is 284 g/mol. The minimum Gasteiger partial charge on any atom is -0.340 e. The maximum Gasteiger partial charge on any atom is 0.123 e. The summed E-state index contributed by atoms with van der Waals surface area (Å²) in [5.74, 6) is 0.129. The number of hydrogen-bond acceptors (Lipinski definition) is 1. The van der Waals surface area contributed by atoms with Crippen molar-refractivity contribution >= 4 is 34.6 Å². The molecule has 1 nitrogen and oxygen atoms in total. The van der Waals surface area contributed by atoms with Gasteiger partial charge in [-0.05, 0) is 42.8 Å². The first kappa shape index (κ1) is 14.2. The Hall–Kier alpha value is -1.25. The number of hydrogen-bond donors (Lipinski definition) is 0. The van der Waals surface area contributed by atoms with Crippen LogP contribution in [-0.2, 0) is 5.88 Å². The van der Waals surface area contributed by atoms with Crippen LogP contribution in [0, 0.1) is 5.82 Å². The SMILES string of the molecule is CCN(c1ccc(F)cc1)c1c(Cl)cccc1CCl. The Kier molecular flexibility index (Phi) is 4.67. The first-order valence-corrected chi connectivity index (χ1v) is 6.95. The Morgan fingerprint density at radius 2 is 1.79 bits per heavy atom. The lowest BCUT2D eigenvalue weighted by atomic mass is 10.1. The summed E-state index contributed by atoms with van der Waals surface area (Å²) < 4.78 is 13.0. The second-order valence-electron chi connectivity index (χ2n) is 4.10. The summed E-state index contributed by atoms with van der Waals surface area (Å²) in [5, 5.41) is 0.643. The third-order valence-electron chi connectivity index (χ3n) is 2.94. The number of alkyl halides is 1. The second kappa shape index (κ2) is 6.27. The zero-order valence-corrected chi connectivity index (χ0v) is 12.0. The van der Waals surface area contributed by atoms with Crippen molar-refractivity contribution in [2.45, 2.75) is 12.8 Å². The lowest BCUT2D eigenvalue weighted by molar-refractivity contribution is 0.628. The molecule has 2 rings (SSSR count). The van der Waals surface area contributed by atoms with E-state index in [1.54, 1.807) is 12.1 Å². The van der Waals surface area contributed by atoms with Crippen LogP contribution in [0.25, 0.3) is 0 Å². The van der Waals surface area contributed by atoms with Crippen LogP contribution < -0.4 is 4.90 Å². The van der Waals surface area contributed by atoms with Crippen molar-refractivity contribution < 1.29 is 4.39 Å². The molecule has 4 heteroatoms. The number of nitrogens with zero attached hydrogens (tertiary/aromatic N) is 1. The second-order valence-corrected chi connectivity index (χ2v) is 4.78. The average Bonchev–Trinajstić information content (AvgIpc) is 2.43. The van der Waals surface area contributed by atoms with Crippen molar-refractivity contribution in [2.24, 2.45) is 0 Å². The van der Waals surface area contributed by atoms with Gasteiger partial charge in [-0.25, -0.2) is 4.39 Å². The zero-order chi connectivity index (χ0) is 13.8. The number of para-hydroxylation sites is 1. The van der Waals surface area contributed by atoms with Crippen molar-refractivity contribution in [1.29, 1.82) is 0 Å². The molecule has 0 aliphatic rings. The Balaban J connectivity index is 2.50. The summed E-state index contributed by atoms with van der Waals surface area (Å²) in [6.07, 6.45) is 0. The number of anilines is 2. The quantitative estimate of drug-likeness (QED) is 0.685. The molecule has 0 unspecified atom stereocenters. The molecule has 0 N–H and O–H groups in total. The largest absolute Gasteiger partial charge is 0.340 e. The fraction of sp³-hybridized carbons (Fsp3) is 0.200. The van der Waals surface area contributed by atoms with Crippen molar-refractivity contribution in [1.82, 2.24) is 0 Å². The summed E-state index contributed by atoms with van der Waals surface area (Å²) in [6, 6.07) is 12.0. The third-order valence-corrected chi connectivity index (χ3v) is 3.53. The minimum absolute atomic E-state index is 0.253. The van der Waals surface area contributed by atoms with Crippen molar-refractivity contribution in [3.63, 3.8) is 0 Å². The van der Waals surface area contributed by atoms with E-state index < -0.39 is 0 Å². The van der Waals surface area contributed by atoms with Gasteiger partial charge in [0.1, 0.15) is 5.82 Å². The molecule has 0 amide bonds. The molecule has 0 radical (unpaired) electrons. The van der Waals surface area contributed by atoms with Gasteiger partial charge in [-0.3, -0.25) is 0 Å². The van der Waals surface area contributed by atoms with Gasteiger partial charge < -0.3 is 4.90 Å². The molecule has 0 heterocycles. The van der Waals surface area contributed by atoms with Gasteiger partial charge in [0.25, 0.3) is 0 Å². The molecule has 0 fully saturated rings. The smallest absolute Gasteiger partial charge is 0.123 e. The molecule has 0 aliphatic carbocycles. The van der Waals surface area contributed by atoms with Crippen LogP contribution in [0.15, 0.2) is 42.5 Å². The number of halogens is 3. The van der Waals surface area contributed by atoms with E-state index in [9.17, 15) is 4.39 Å². The van der Waals surface area contributed by atoms with Crippen LogP contribution in [0.4, 0.5) is 15.8 Å². The Morgan fingerprint density at radius 1 is 1.11 bits per heavy atom. The Labute approximate surface area is 122 Å². The van der Waals surface area contributed by atoms with Gasteiger partial charge in [-0.15, -0.1) is 11.6 Å². The van der Waals surface area contributed by atoms with Gasteiger partial charge in [0.15, 0.2) is 0 Å². The van der Waals surface area contributed by atoms with Crippen LogP contribution in [0.5, 0.6) is 0 Å². The summed E-state index contributed by atoms with van der Waals surface area (Å²) in [5.41, 5.74) is 2.73. The maximum atomic E-state index is 13.0. The predicted octanol–water partition coefficient (Wildman–Crippen LogP) is 5.38. The van der Waals surface area contributed by atoms with E-state index in [4.69, 9.17) is 23.2 Å². The molecule has 2 aromatic rings. The summed E-state index contributed by atoms with van der Waals surface area (Å²) in [7, 11) is 0. The molecule has 0 saturated heterocycles. The van der Waals surface area contributed by atoms with E-state index in [1.165, 1.54) is 12.1 Å². The van der Waals surface area contributed by atoms with E-state index in [-0.39, 0.29) is 5.82 Å². The van der Waals surface area contributed by atoms with E-state index in [0.717, 1.165) is 23.5 Å². The van der Waals surface area contributed by atoms with Gasteiger partial charge in [0.05, 0.1) is 10.7 Å². The summed E-state index contributed by atoms with van der Waals surface area (Å²) >= 11 is 12.3. The molecular formula is C15H14Cl2FN. The van der Waals surface area contributed by atoms with Crippen LogP contribution in [0.3, 0.4) is 0 Å². The fourth-order valence-electron chi connectivity index (χ4n) is 2.06. The molecule has 2 aromatic carbocycles. The van der Waals surface area contributed by atoms with Crippen molar-refractivity contribution in [3.8, 4) is 0 Å². The molecule has 100 valence electrons. The number of rotatable bonds is 4. The molecule has 19 heavy (non-hydrogen) atoms. The summed E-state index contributed by atoms with van der Waals surface area (Å²) in [4.78, 5) is 2.03. The van der Waals surface area contributed by atoms with Gasteiger partial charge >= 0.3 is 0 Å². The fourth-order valence-corrected chi connectivity index (χ4v) is 2.57. The Morgan fingerprint density at radius 3 is 2.37 bits per heavy atom. The standard InChI is InChI=1S/C15H14Cl2FN/c1-2-19(13-8-6-12(18)7-9-13)15-11(10-16)4-3-5-14(15)17/h3-9H,2,10H2,1H3. The van der Waals surface area contributed by atoms with E-state index >= 15 is 0 Å². The normalized spacial score (nSPS) is 10.5. The van der Waals surface area contributed by atoms with Gasteiger partial charge in [-0.2, -0.15) is 0 Å². The lowest BCUT2D eigenvalue weighted by Crippen LogP contribution is -2.18. The van der Waals surface area contributed by atoms with E-state index in [0.29, 0.717) is 10.9 Å². The predicted molar refractivity (Wildman–Crippen MR) is 80.1 cm³/mol. The molecule has 0 bridgehead atoms. The first-order valence-electron chi connectivity index (χ1n) is 6.03. The van der Waals surface area contributed by atoms with Crippen molar-refractivity contribution in [3.05, 3.63) is 58.9 Å². The molecule has 0 atom stereocenters. The summed E-state index contributed by atoms with van der Waals surface area (Å²) in [6.45, 7) is 2.74. The highest BCUT2D eigenvalue weighted by molar-refractivity contribution is 6.33. The topological polar surface area (TPSA) is 3.24 Å². The third kappa shape index (κ3) is 3.02. The molecule has 0 aromatic heterocycles. The van der Waals surface area contributed by atoms with E-state index in [1.807, 2.05) is 30.0 Å². The highest BCUT2D eigenvalue weighted by Gasteiger charge is 2.15. The molecule has 0 saturated carbocycles. The lowest BCUT2D eigenvalue weighted by Gasteiger charge is -2.26. The van der Waals surface area contributed by atoms with E-state index in [2.05, 4.69) is 0 Å². The highest BCUT2D eigenvalue weighted by Crippen LogP contribution is 2.35. The maximum absolute atomic E-state index is 13.0. The Bertz CT molecular complexity index is 555. The minimum atomic E-state index is -0.253. The van der Waals surface area contributed by atoms with Crippen LogP contribution in [-0.4, -0.2) is 6.54 Å². The van der Waals surface area contributed by atoms with Crippen molar-refractivity contribution in [2.75, 3.05) is 11.4 Å². The first-order chi connectivity index (χ1) is 9.17. The van der Waals surface area contributed by atoms with Crippen LogP contribution in [0.1, 0.15) is 12.5 Å². The number of benzene rings is 2. The molecule has 0 aliphatic heterocycles. The molecule has 0 spiro atoms. The van der Waals surface area contributed by atoms with Crippen LogP contribution >= 0.6 is 23.2 Å². The van der Waals surface area contributed by atoms with Gasteiger partial charge in [0.2, 0.25) is 0 Å². The van der Waals surface area contributed by atoms with Crippen LogP contribution in [0.2, 0.25) is 5.02 Å². The van der Waals surface area contributed by atoms with Gasteiger partial charge in [-0.1, -0.05) is 23.7 Å². The van der Waals surface area contributed by atoms with Gasteiger partial charge in [0, 0.05) is 18.1 Å². The monoisotopic (exact) mass is 297 g/mol. The zero-order valence-electron chi connectivity index (χ0n) is 10.5. The highest BCUT2D eigenvalue weighted by atomic mass is 35.5. The average molecular weight is 298 g/mol.